The van der Waals surface area contributed by atoms with Crippen molar-refractivity contribution in [2.75, 3.05) is 7.11 Å². The number of carbonyl (C=O) groups is 2. The number of rotatable bonds is 3. The maximum atomic E-state index is 11.2. The fraction of sp³-hybridized carbons (Fsp3) is 0.167. The highest BCUT2D eigenvalue weighted by atomic mass is 16.6. The van der Waals surface area contributed by atoms with Gasteiger partial charge in [0.2, 0.25) is 0 Å². The molecule has 1 heterocycles. The molecule has 0 fully saturated rings. The Balaban J connectivity index is 2.65. The molecule has 0 spiro atoms. The Morgan fingerprint density at radius 3 is 2.75 bits per heavy atom. The van der Waals surface area contributed by atoms with E-state index in [1.165, 1.54) is 19.2 Å². The molecular weight excluding hydrogens is 266 g/mol. The Morgan fingerprint density at radius 2 is 2.20 bits per heavy atom. The lowest BCUT2D eigenvalue weighted by Gasteiger charge is -2.04. The first kappa shape index (κ1) is 13.5. The van der Waals surface area contributed by atoms with Gasteiger partial charge in [0.1, 0.15) is 5.52 Å². The van der Waals surface area contributed by atoms with Gasteiger partial charge < -0.3 is 10.5 Å². The van der Waals surface area contributed by atoms with Gasteiger partial charge in [-0.3, -0.25) is 19.5 Å². The van der Waals surface area contributed by atoms with Crippen LogP contribution in [-0.2, 0) is 16.0 Å². The lowest BCUT2D eigenvalue weighted by molar-refractivity contribution is -0.383. The van der Waals surface area contributed by atoms with Gasteiger partial charge in [-0.1, -0.05) is 0 Å². The van der Waals surface area contributed by atoms with Gasteiger partial charge in [-0.05, 0) is 17.7 Å². The van der Waals surface area contributed by atoms with Crippen molar-refractivity contribution in [1.29, 1.82) is 0 Å². The Bertz CT molecular complexity index is 719. The highest BCUT2D eigenvalue weighted by Gasteiger charge is 2.20. The lowest BCUT2D eigenvalue weighted by Crippen LogP contribution is -2.19. The van der Waals surface area contributed by atoms with E-state index < -0.39 is 16.9 Å². The minimum atomic E-state index is -0.871. The highest BCUT2D eigenvalue weighted by Crippen LogP contribution is 2.28. The number of nitro groups is 1. The number of aromatic nitrogens is 1. The number of hydrogen-bond donors (Lipinski definition) is 1. The van der Waals surface area contributed by atoms with Gasteiger partial charge in [0, 0.05) is 11.5 Å². The van der Waals surface area contributed by atoms with Gasteiger partial charge in [0.25, 0.3) is 5.69 Å². The van der Waals surface area contributed by atoms with Crippen LogP contribution in [0.2, 0.25) is 0 Å². The molecule has 0 saturated heterocycles. The van der Waals surface area contributed by atoms with Crippen molar-refractivity contribution in [3.05, 3.63) is 40.1 Å². The third kappa shape index (κ3) is 2.30. The standard InChI is InChI=1S/C12H10N3O5/c1-20-10(16)6-7-4-8-2-3-14(12(13)17)11(8)9(5-7)15(18)19/h2,4-5H,6H2,1H3,(H2,13,17). The number of methoxy groups -OCH3 is 1. The molecule has 0 bridgehead atoms. The predicted molar refractivity (Wildman–Crippen MR) is 68.1 cm³/mol. The zero-order chi connectivity index (χ0) is 14.9. The number of esters is 1. The van der Waals surface area contributed by atoms with Crippen molar-refractivity contribution in [1.82, 2.24) is 4.57 Å². The van der Waals surface area contributed by atoms with Crippen LogP contribution in [0.3, 0.4) is 0 Å². The smallest absolute Gasteiger partial charge is 0.324 e. The van der Waals surface area contributed by atoms with E-state index in [1.54, 1.807) is 6.07 Å². The van der Waals surface area contributed by atoms with Crippen molar-refractivity contribution in [3.63, 3.8) is 0 Å². The molecule has 0 atom stereocenters. The van der Waals surface area contributed by atoms with Crippen molar-refractivity contribution < 1.29 is 19.2 Å². The summed E-state index contributed by atoms with van der Waals surface area (Å²) in [6.07, 6.45) is 2.42. The molecule has 8 nitrogen and oxygen atoms in total. The average molecular weight is 276 g/mol. The van der Waals surface area contributed by atoms with Crippen molar-refractivity contribution in [2.24, 2.45) is 5.73 Å². The number of carbonyl (C=O) groups excluding carboxylic acids is 2. The summed E-state index contributed by atoms with van der Waals surface area (Å²) >= 11 is 0. The first-order valence-corrected chi connectivity index (χ1v) is 5.51. The first-order chi connectivity index (χ1) is 9.43. The molecule has 0 aliphatic rings. The van der Waals surface area contributed by atoms with E-state index in [9.17, 15) is 19.7 Å². The maximum absolute atomic E-state index is 11.2. The van der Waals surface area contributed by atoms with Crippen LogP contribution in [-0.4, -0.2) is 28.6 Å². The molecule has 0 aliphatic heterocycles. The Hall–Kier alpha value is -2.90. The fourth-order valence-electron chi connectivity index (χ4n) is 1.91. The van der Waals surface area contributed by atoms with E-state index in [0.29, 0.717) is 10.9 Å². The summed E-state index contributed by atoms with van der Waals surface area (Å²) in [5.41, 5.74) is 5.27. The normalized spacial score (nSPS) is 10.4. The molecule has 0 unspecified atom stereocenters. The molecule has 1 aromatic carbocycles. The molecule has 2 N–H and O–H groups in total. The SMILES string of the molecule is COC(=O)Cc1cc([N+](=O)[O-])c2c(c[c]n2C(N)=O)c1. The Kier molecular flexibility index (Phi) is 3.38. The third-order valence-corrected chi connectivity index (χ3v) is 2.75. The number of benzene rings is 1. The third-order valence-electron chi connectivity index (χ3n) is 2.75. The number of nitrogens with two attached hydrogens (primary N) is 1. The number of nitro benzene ring substituents is 1. The number of primary amides is 1. The maximum Gasteiger partial charge on any atom is 0.324 e. The van der Waals surface area contributed by atoms with Gasteiger partial charge >= 0.3 is 12.0 Å². The number of fused-ring (bicyclic) bond motifs is 1. The summed E-state index contributed by atoms with van der Waals surface area (Å²) < 4.78 is 5.38. The molecular formula is C12H10N3O5. The number of ether oxygens (including phenoxy) is 1. The second-order valence-electron chi connectivity index (χ2n) is 4.01. The summed E-state index contributed by atoms with van der Waals surface area (Å²) in [5, 5.41) is 11.5. The minimum Gasteiger partial charge on any atom is -0.469 e. The van der Waals surface area contributed by atoms with Gasteiger partial charge in [0.15, 0.2) is 0 Å². The first-order valence-electron chi connectivity index (χ1n) is 5.51. The fourth-order valence-corrected chi connectivity index (χ4v) is 1.91. The van der Waals surface area contributed by atoms with Crippen molar-refractivity contribution in [2.45, 2.75) is 6.42 Å². The topological polar surface area (TPSA) is 117 Å². The number of amides is 1. The van der Waals surface area contributed by atoms with E-state index in [4.69, 9.17) is 5.73 Å². The minimum absolute atomic E-state index is 0.0520. The summed E-state index contributed by atoms with van der Waals surface area (Å²) in [5.74, 6) is -0.517. The molecule has 2 rings (SSSR count). The largest absolute Gasteiger partial charge is 0.469 e. The van der Waals surface area contributed by atoms with Gasteiger partial charge in [-0.15, -0.1) is 0 Å². The van der Waals surface area contributed by atoms with Crippen LogP contribution in [0.15, 0.2) is 18.2 Å². The van der Waals surface area contributed by atoms with E-state index in [2.05, 4.69) is 10.9 Å². The molecule has 20 heavy (non-hydrogen) atoms. The molecule has 1 amide bonds. The van der Waals surface area contributed by atoms with Gasteiger partial charge in [-0.2, -0.15) is 0 Å². The zero-order valence-corrected chi connectivity index (χ0v) is 10.5. The van der Waals surface area contributed by atoms with E-state index in [0.717, 1.165) is 4.57 Å². The number of hydrogen-bond acceptors (Lipinski definition) is 5. The predicted octanol–water partition coefficient (Wildman–Crippen LogP) is 0.992. The summed E-state index contributed by atoms with van der Waals surface area (Å²) in [4.78, 5) is 32.9. The quantitative estimate of drug-likeness (QED) is 0.509. The zero-order valence-electron chi connectivity index (χ0n) is 10.5. The second kappa shape index (κ2) is 5.00. The van der Waals surface area contributed by atoms with Crippen LogP contribution in [0, 0.1) is 16.3 Å². The van der Waals surface area contributed by atoms with Crippen LogP contribution in [0.4, 0.5) is 10.5 Å². The molecule has 8 heteroatoms. The van der Waals surface area contributed by atoms with Crippen molar-refractivity contribution in [3.8, 4) is 0 Å². The molecule has 1 aromatic heterocycles. The Labute approximate surface area is 112 Å². The second-order valence-corrected chi connectivity index (χ2v) is 4.01. The summed E-state index contributed by atoms with van der Waals surface area (Å²) in [6, 6.07) is 3.29. The van der Waals surface area contributed by atoms with Crippen molar-refractivity contribution >= 4 is 28.6 Å². The average Bonchev–Trinajstić information content (AvgIpc) is 2.81. The molecule has 1 radical (unpaired) electrons. The van der Waals surface area contributed by atoms with Crippen LogP contribution in [0.1, 0.15) is 5.56 Å². The highest BCUT2D eigenvalue weighted by molar-refractivity contribution is 5.97. The van der Waals surface area contributed by atoms with Crippen LogP contribution < -0.4 is 5.73 Å². The van der Waals surface area contributed by atoms with Gasteiger partial charge in [-0.25, -0.2) is 4.79 Å². The van der Waals surface area contributed by atoms with E-state index >= 15 is 0 Å². The molecule has 103 valence electrons. The summed E-state index contributed by atoms with van der Waals surface area (Å²) in [7, 11) is 1.23. The summed E-state index contributed by atoms with van der Waals surface area (Å²) in [6.45, 7) is 0. The molecule has 2 aromatic rings. The Morgan fingerprint density at radius 1 is 1.50 bits per heavy atom. The molecule has 0 saturated carbocycles. The van der Waals surface area contributed by atoms with Crippen LogP contribution in [0.5, 0.6) is 0 Å². The lowest BCUT2D eigenvalue weighted by atomic mass is 10.1. The van der Waals surface area contributed by atoms with E-state index in [1.807, 2.05) is 0 Å². The van der Waals surface area contributed by atoms with E-state index in [-0.39, 0.29) is 17.6 Å². The molecule has 0 aliphatic carbocycles. The number of non-ortho nitro benzene ring substituents is 1. The number of nitrogens with zero attached hydrogens (tertiary/aromatic N) is 2. The van der Waals surface area contributed by atoms with Crippen LogP contribution >= 0.6 is 0 Å². The monoisotopic (exact) mass is 276 g/mol. The van der Waals surface area contributed by atoms with Gasteiger partial charge in [0.05, 0.1) is 24.7 Å². The van der Waals surface area contributed by atoms with Crippen LogP contribution in [0.25, 0.3) is 10.9 Å².